The molecule has 0 aliphatic rings. The van der Waals surface area contributed by atoms with Crippen molar-refractivity contribution in [3.05, 3.63) is 57.6 Å². The van der Waals surface area contributed by atoms with E-state index in [-0.39, 0.29) is 6.61 Å². The fourth-order valence-electron chi connectivity index (χ4n) is 1.89. The highest BCUT2D eigenvalue weighted by Crippen LogP contribution is 2.35. The molecule has 0 N–H and O–H groups in total. The predicted octanol–water partition coefficient (Wildman–Crippen LogP) is 3.69. The van der Waals surface area contributed by atoms with Gasteiger partial charge in [0.2, 0.25) is 0 Å². The molecule has 6 heteroatoms. The van der Waals surface area contributed by atoms with Crippen LogP contribution in [0.5, 0.6) is 11.5 Å². The fourth-order valence-corrected chi connectivity index (χ4v) is 2.45. The number of ether oxygens (including phenoxy) is 3. The van der Waals surface area contributed by atoms with E-state index in [4.69, 9.17) is 19.5 Å². The molecule has 0 aliphatic carbocycles. The second-order valence-corrected chi connectivity index (χ2v) is 5.37. The summed E-state index contributed by atoms with van der Waals surface area (Å²) in [7, 11) is 3.01. The number of halogens is 1. The number of carbonyl (C=O) groups is 1. The van der Waals surface area contributed by atoms with Gasteiger partial charge in [-0.25, -0.2) is 4.79 Å². The number of nitrogens with zero attached hydrogens (tertiary/aromatic N) is 1. The summed E-state index contributed by atoms with van der Waals surface area (Å²) >= 11 is 3.35. The number of hydrogen-bond donors (Lipinski definition) is 0. The van der Waals surface area contributed by atoms with E-state index >= 15 is 0 Å². The third-order valence-corrected chi connectivity index (χ3v) is 3.92. The van der Waals surface area contributed by atoms with Gasteiger partial charge in [0.1, 0.15) is 22.6 Å². The van der Waals surface area contributed by atoms with Crippen LogP contribution in [0.3, 0.4) is 0 Å². The number of hydrogen-bond acceptors (Lipinski definition) is 5. The Morgan fingerprint density at radius 1 is 1.13 bits per heavy atom. The van der Waals surface area contributed by atoms with E-state index in [1.165, 1.54) is 14.2 Å². The van der Waals surface area contributed by atoms with Crippen molar-refractivity contribution >= 4 is 21.9 Å². The van der Waals surface area contributed by atoms with E-state index in [9.17, 15) is 4.79 Å². The number of nitriles is 1. The maximum Gasteiger partial charge on any atom is 0.338 e. The van der Waals surface area contributed by atoms with E-state index in [0.29, 0.717) is 27.1 Å². The smallest absolute Gasteiger partial charge is 0.338 e. The molecule has 2 aromatic rings. The Labute approximate surface area is 142 Å². The highest BCUT2D eigenvalue weighted by atomic mass is 79.9. The minimum atomic E-state index is -0.488. The highest BCUT2D eigenvalue weighted by Gasteiger charge is 2.15. The Balaban J connectivity index is 2.12. The molecule has 0 atom stereocenters. The van der Waals surface area contributed by atoms with Crippen molar-refractivity contribution < 1.29 is 19.0 Å². The minimum Gasteiger partial charge on any atom is -0.495 e. The van der Waals surface area contributed by atoms with Crippen molar-refractivity contribution in [2.24, 2.45) is 0 Å². The average molecular weight is 376 g/mol. The molecule has 0 aromatic heterocycles. The van der Waals surface area contributed by atoms with Crippen LogP contribution in [0.2, 0.25) is 0 Å². The molecule has 0 bridgehead atoms. The molecule has 0 heterocycles. The zero-order valence-corrected chi connectivity index (χ0v) is 14.2. The molecule has 2 aromatic carbocycles. The van der Waals surface area contributed by atoms with Crippen molar-refractivity contribution in [3.8, 4) is 17.6 Å². The summed E-state index contributed by atoms with van der Waals surface area (Å²) in [5.74, 6) is 0.475. The van der Waals surface area contributed by atoms with Crippen LogP contribution >= 0.6 is 15.9 Å². The van der Waals surface area contributed by atoms with Gasteiger partial charge in [-0.2, -0.15) is 5.26 Å². The van der Waals surface area contributed by atoms with Crippen molar-refractivity contribution in [3.63, 3.8) is 0 Å². The maximum absolute atomic E-state index is 12.2. The summed E-state index contributed by atoms with van der Waals surface area (Å²) < 4.78 is 16.3. The minimum absolute atomic E-state index is 0.116. The van der Waals surface area contributed by atoms with E-state index in [1.54, 1.807) is 36.4 Å². The second kappa shape index (κ2) is 7.65. The Morgan fingerprint density at radius 3 is 2.17 bits per heavy atom. The van der Waals surface area contributed by atoms with Gasteiger partial charge in [0, 0.05) is 0 Å². The van der Waals surface area contributed by atoms with Gasteiger partial charge in [0.05, 0.1) is 31.4 Å². The van der Waals surface area contributed by atoms with Gasteiger partial charge in [-0.05, 0) is 45.8 Å². The Bertz CT molecular complexity index is 725. The zero-order valence-electron chi connectivity index (χ0n) is 12.6. The largest absolute Gasteiger partial charge is 0.495 e. The number of rotatable bonds is 5. The Morgan fingerprint density at radius 2 is 1.70 bits per heavy atom. The monoisotopic (exact) mass is 375 g/mol. The number of methoxy groups -OCH3 is 2. The van der Waals surface area contributed by atoms with Crippen LogP contribution in [-0.2, 0) is 11.3 Å². The van der Waals surface area contributed by atoms with Crippen LogP contribution in [0.15, 0.2) is 40.9 Å². The van der Waals surface area contributed by atoms with Crippen LogP contribution in [0.1, 0.15) is 21.5 Å². The lowest BCUT2D eigenvalue weighted by Gasteiger charge is -2.11. The molecule has 0 fully saturated rings. The molecule has 0 unspecified atom stereocenters. The molecule has 2 rings (SSSR count). The van der Waals surface area contributed by atoms with Crippen LogP contribution in [0, 0.1) is 11.3 Å². The van der Waals surface area contributed by atoms with Gasteiger partial charge in [-0.15, -0.1) is 0 Å². The SMILES string of the molecule is COc1cc(C(=O)OCc2ccc(C#N)cc2)cc(OC)c1Br. The fraction of sp³-hybridized carbons (Fsp3) is 0.176. The molecule has 0 amide bonds. The highest BCUT2D eigenvalue weighted by molar-refractivity contribution is 9.10. The lowest BCUT2D eigenvalue weighted by Crippen LogP contribution is -2.06. The molecule has 0 aliphatic heterocycles. The number of carbonyl (C=O) groups excluding carboxylic acids is 1. The summed E-state index contributed by atoms with van der Waals surface area (Å²) in [6, 6.07) is 12.0. The summed E-state index contributed by atoms with van der Waals surface area (Å²) in [5, 5.41) is 8.75. The van der Waals surface area contributed by atoms with Crippen LogP contribution in [0.25, 0.3) is 0 Å². The summed E-state index contributed by atoms with van der Waals surface area (Å²) in [6.07, 6.45) is 0. The summed E-state index contributed by atoms with van der Waals surface area (Å²) in [6.45, 7) is 0.116. The van der Waals surface area contributed by atoms with Gasteiger partial charge in [0.25, 0.3) is 0 Å². The maximum atomic E-state index is 12.2. The van der Waals surface area contributed by atoms with Gasteiger partial charge >= 0.3 is 5.97 Å². The van der Waals surface area contributed by atoms with Crippen LogP contribution in [-0.4, -0.2) is 20.2 Å². The van der Waals surface area contributed by atoms with E-state index in [1.807, 2.05) is 6.07 Å². The van der Waals surface area contributed by atoms with Gasteiger partial charge in [0.15, 0.2) is 0 Å². The van der Waals surface area contributed by atoms with Crippen molar-refractivity contribution in [2.75, 3.05) is 14.2 Å². The average Bonchev–Trinajstić information content (AvgIpc) is 2.60. The standard InChI is InChI=1S/C17H14BrNO4/c1-21-14-7-13(8-15(22-2)16(14)18)17(20)23-10-12-5-3-11(9-19)4-6-12/h3-8H,10H2,1-2H3. The van der Waals surface area contributed by atoms with E-state index in [2.05, 4.69) is 15.9 Å². The zero-order chi connectivity index (χ0) is 16.8. The van der Waals surface area contributed by atoms with Gasteiger partial charge in [-0.3, -0.25) is 0 Å². The molecule has 0 spiro atoms. The summed E-state index contributed by atoms with van der Waals surface area (Å²) in [4.78, 5) is 12.2. The second-order valence-electron chi connectivity index (χ2n) is 4.58. The summed E-state index contributed by atoms with van der Waals surface area (Å²) in [5.41, 5.74) is 1.69. The first kappa shape index (κ1) is 16.8. The lowest BCUT2D eigenvalue weighted by atomic mass is 10.1. The number of benzene rings is 2. The third kappa shape index (κ3) is 4.02. The van der Waals surface area contributed by atoms with Gasteiger partial charge in [-0.1, -0.05) is 12.1 Å². The third-order valence-electron chi connectivity index (χ3n) is 3.13. The normalized spacial score (nSPS) is 9.83. The predicted molar refractivity (Wildman–Crippen MR) is 87.5 cm³/mol. The first-order valence-corrected chi connectivity index (χ1v) is 7.46. The molecule has 0 saturated heterocycles. The first-order valence-electron chi connectivity index (χ1n) is 6.66. The van der Waals surface area contributed by atoms with E-state index in [0.717, 1.165) is 5.56 Å². The van der Waals surface area contributed by atoms with Crippen molar-refractivity contribution in [1.82, 2.24) is 0 Å². The molecule has 118 valence electrons. The molecule has 0 saturated carbocycles. The van der Waals surface area contributed by atoms with Crippen molar-refractivity contribution in [1.29, 1.82) is 5.26 Å². The molecular weight excluding hydrogens is 362 g/mol. The molecule has 23 heavy (non-hydrogen) atoms. The van der Waals surface area contributed by atoms with Crippen molar-refractivity contribution in [2.45, 2.75) is 6.61 Å². The molecule has 0 radical (unpaired) electrons. The van der Waals surface area contributed by atoms with E-state index < -0.39 is 5.97 Å². The topological polar surface area (TPSA) is 68.5 Å². The van der Waals surface area contributed by atoms with Crippen LogP contribution < -0.4 is 9.47 Å². The molecular formula is C17H14BrNO4. The van der Waals surface area contributed by atoms with Crippen LogP contribution in [0.4, 0.5) is 0 Å². The number of esters is 1. The van der Waals surface area contributed by atoms with Gasteiger partial charge < -0.3 is 14.2 Å². The Kier molecular flexibility index (Phi) is 5.61. The lowest BCUT2D eigenvalue weighted by molar-refractivity contribution is 0.0472. The quantitative estimate of drug-likeness (QED) is 0.745. The first-order chi connectivity index (χ1) is 11.1. The molecule has 5 nitrogen and oxygen atoms in total. The Hall–Kier alpha value is -2.52.